The summed E-state index contributed by atoms with van der Waals surface area (Å²) in [7, 11) is 1.51. The first kappa shape index (κ1) is 15.7. The Hall–Kier alpha value is -1.30. The highest BCUT2D eigenvalue weighted by atomic mass is 16.4. The van der Waals surface area contributed by atoms with Crippen LogP contribution in [0.2, 0.25) is 0 Å². The molecule has 6 nitrogen and oxygen atoms in total. The van der Waals surface area contributed by atoms with Crippen molar-refractivity contribution in [1.29, 1.82) is 0 Å². The van der Waals surface area contributed by atoms with E-state index in [-0.39, 0.29) is 12.5 Å². The van der Waals surface area contributed by atoms with E-state index in [0.29, 0.717) is 0 Å². The number of amides is 2. The molecule has 0 heterocycles. The Morgan fingerprint density at radius 2 is 1.82 bits per heavy atom. The molecule has 17 heavy (non-hydrogen) atoms. The van der Waals surface area contributed by atoms with Crippen LogP contribution in [0.1, 0.15) is 27.7 Å². The standard InChI is InChI=1S/C11H22N2O4/c1-7(2)8(9(14)15)12-10(16)13(5)6-11(3,4)17/h7-8,17H,6H2,1-5H3,(H,12,16)(H,14,15). The van der Waals surface area contributed by atoms with Crippen LogP contribution in [0.4, 0.5) is 4.79 Å². The van der Waals surface area contributed by atoms with Gasteiger partial charge in [0.2, 0.25) is 0 Å². The van der Waals surface area contributed by atoms with Gasteiger partial charge in [0.25, 0.3) is 0 Å². The molecule has 0 rings (SSSR count). The molecular weight excluding hydrogens is 224 g/mol. The van der Waals surface area contributed by atoms with Crippen molar-refractivity contribution in [2.45, 2.75) is 39.3 Å². The summed E-state index contributed by atoms with van der Waals surface area (Å²) in [6.45, 7) is 6.72. The predicted molar refractivity (Wildman–Crippen MR) is 63.7 cm³/mol. The lowest BCUT2D eigenvalue weighted by Gasteiger charge is -2.27. The molecule has 1 unspecified atom stereocenters. The number of aliphatic hydroxyl groups is 1. The molecule has 3 N–H and O–H groups in total. The molecule has 6 heteroatoms. The largest absolute Gasteiger partial charge is 0.480 e. The molecule has 0 aliphatic carbocycles. The van der Waals surface area contributed by atoms with Gasteiger partial charge < -0.3 is 20.4 Å². The van der Waals surface area contributed by atoms with Gasteiger partial charge in [-0.3, -0.25) is 0 Å². The summed E-state index contributed by atoms with van der Waals surface area (Å²) in [5.74, 6) is -1.27. The van der Waals surface area contributed by atoms with E-state index < -0.39 is 23.6 Å². The number of hydrogen-bond acceptors (Lipinski definition) is 3. The summed E-state index contributed by atoms with van der Waals surface area (Å²) in [5, 5.41) is 20.9. The van der Waals surface area contributed by atoms with Crippen LogP contribution in [0.25, 0.3) is 0 Å². The van der Waals surface area contributed by atoms with Gasteiger partial charge >= 0.3 is 12.0 Å². The molecule has 2 amide bonds. The van der Waals surface area contributed by atoms with Crippen molar-refractivity contribution in [2.75, 3.05) is 13.6 Å². The number of aliphatic carboxylic acids is 1. The van der Waals surface area contributed by atoms with Gasteiger partial charge in [0.1, 0.15) is 6.04 Å². The van der Waals surface area contributed by atoms with Crippen molar-refractivity contribution < 1.29 is 19.8 Å². The van der Waals surface area contributed by atoms with Crippen molar-refractivity contribution >= 4 is 12.0 Å². The summed E-state index contributed by atoms with van der Waals surface area (Å²) in [6.07, 6.45) is 0. The molecule has 0 aliphatic rings. The van der Waals surface area contributed by atoms with Crippen LogP contribution >= 0.6 is 0 Å². The van der Waals surface area contributed by atoms with Gasteiger partial charge in [-0.1, -0.05) is 13.8 Å². The Kier molecular flexibility index (Phi) is 5.41. The van der Waals surface area contributed by atoms with E-state index in [1.807, 2.05) is 0 Å². The summed E-state index contributed by atoms with van der Waals surface area (Å²) in [6, 6.07) is -1.43. The maximum Gasteiger partial charge on any atom is 0.326 e. The molecular formula is C11H22N2O4. The van der Waals surface area contributed by atoms with Crippen molar-refractivity contribution in [3.05, 3.63) is 0 Å². The number of carboxylic acids is 1. The van der Waals surface area contributed by atoms with Gasteiger partial charge in [-0.2, -0.15) is 0 Å². The van der Waals surface area contributed by atoms with Crippen LogP contribution in [0, 0.1) is 5.92 Å². The van der Waals surface area contributed by atoms with E-state index in [0.717, 1.165) is 0 Å². The second kappa shape index (κ2) is 5.86. The normalized spacial score (nSPS) is 13.4. The molecule has 100 valence electrons. The number of urea groups is 1. The zero-order valence-corrected chi connectivity index (χ0v) is 11.0. The molecule has 0 radical (unpaired) electrons. The van der Waals surface area contributed by atoms with Crippen molar-refractivity contribution in [3.8, 4) is 0 Å². The van der Waals surface area contributed by atoms with Gasteiger partial charge in [0.15, 0.2) is 0 Å². The summed E-state index contributed by atoms with van der Waals surface area (Å²) in [5.41, 5.74) is -1.01. The second-order valence-corrected chi connectivity index (χ2v) is 5.18. The minimum absolute atomic E-state index is 0.128. The fourth-order valence-electron chi connectivity index (χ4n) is 1.41. The van der Waals surface area contributed by atoms with Crippen LogP contribution in [0.5, 0.6) is 0 Å². The zero-order valence-electron chi connectivity index (χ0n) is 11.0. The Morgan fingerprint density at radius 1 is 1.35 bits per heavy atom. The summed E-state index contributed by atoms with van der Waals surface area (Å²) >= 11 is 0. The number of rotatable bonds is 5. The van der Waals surface area contributed by atoms with Gasteiger partial charge in [-0.05, 0) is 19.8 Å². The number of carboxylic acid groups (broad SMARTS) is 1. The lowest BCUT2D eigenvalue weighted by molar-refractivity contribution is -0.140. The molecule has 0 spiro atoms. The number of hydrogen-bond donors (Lipinski definition) is 3. The van der Waals surface area contributed by atoms with E-state index in [4.69, 9.17) is 5.11 Å². The smallest absolute Gasteiger partial charge is 0.326 e. The molecule has 1 atom stereocenters. The summed E-state index contributed by atoms with van der Waals surface area (Å²) in [4.78, 5) is 23.8. The average Bonchev–Trinajstić information content (AvgIpc) is 2.09. The van der Waals surface area contributed by atoms with Crippen LogP contribution in [-0.2, 0) is 4.79 Å². The van der Waals surface area contributed by atoms with Crippen LogP contribution in [0.3, 0.4) is 0 Å². The Balaban J connectivity index is 4.47. The van der Waals surface area contributed by atoms with Gasteiger partial charge in [-0.15, -0.1) is 0 Å². The van der Waals surface area contributed by atoms with Crippen LogP contribution < -0.4 is 5.32 Å². The maximum absolute atomic E-state index is 11.7. The molecule has 0 aromatic carbocycles. The molecule has 0 aromatic rings. The topological polar surface area (TPSA) is 89.9 Å². The molecule has 0 fully saturated rings. The number of nitrogens with zero attached hydrogens (tertiary/aromatic N) is 1. The highest BCUT2D eigenvalue weighted by molar-refractivity contribution is 5.82. The first-order valence-electron chi connectivity index (χ1n) is 5.51. The van der Waals surface area contributed by atoms with Gasteiger partial charge in [0.05, 0.1) is 12.1 Å². The first-order chi connectivity index (χ1) is 7.54. The highest BCUT2D eigenvalue weighted by Gasteiger charge is 2.26. The third-order valence-corrected chi connectivity index (χ3v) is 2.18. The van der Waals surface area contributed by atoms with Crippen molar-refractivity contribution in [3.63, 3.8) is 0 Å². The minimum atomic E-state index is -1.06. The van der Waals surface area contributed by atoms with Crippen molar-refractivity contribution in [1.82, 2.24) is 10.2 Å². The maximum atomic E-state index is 11.7. The van der Waals surface area contributed by atoms with E-state index in [2.05, 4.69) is 5.32 Å². The first-order valence-corrected chi connectivity index (χ1v) is 5.51. The monoisotopic (exact) mass is 246 g/mol. The number of carbonyl (C=O) groups is 2. The Labute approximate surface area is 102 Å². The molecule has 0 aromatic heterocycles. The van der Waals surface area contributed by atoms with Gasteiger partial charge in [-0.25, -0.2) is 9.59 Å². The fraction of sp³-hybridized carbons (Fsp3) is 0.818. The average molecular weight is 246 g/mol. The van der Waals surface area contributed by atoms with Crippen LogP contribution in [0.15, 0.2) is 0 Å². The van der Waals surface area contributed by atoms with E-state index in [1.165, 1.54) is 11.9 Å². The molecule has 0 saturated heterocycles. The molecule has 0 bridgehead atoms. The van der Waals surface area contributed by atoms with Crippen LogP contribution in [-0.4, -0.2) is 52.3 Å². The molecule has 0 aliphatic heterocycles. The number of nitrogens with one attached hydrogen (secondary N) is 1. The SMILES string of the molecule is CC(C)C(NC(=O)N(C)CC(C)(C)O)C(=O)O. The fourth-order valence-corrected chi connectivity index (χ4v) is 1.41. The summed E-state index contributed by atoms with van der Waals surface area (Å²) < 4.78 is 0. The minimum Gasteiger partial charge on any atom is -0.480 e. The molecule has 0 saturated carbocycles. The van der Waals surface area contributed by atoms with E-state index in [9.17, 15) is 14.7 Å². The third kappa shape index (κ3) is 6.11. The second-order valence-electron chi connectivity index (χ2n) is 5.18. The zero-order chi connectivity index (χ0) is 13.8. The van der Waals surface area contributed by atoms with E-state index >= 15 is 0 Å². The number of carbonyl (C=O) groups excluding carboxylic acids is 1. The lowest BCUT2D eigenvalue weighted by Crippen LogP contribution is -2.51. The Morgan fingerprint density at radius 3 is 2.12 bits per heavy atom. The predicted octanol–water partition coefficient (Wildman–Crippen LogP) is 0.508. The van der Waals surface area contributed by atoms with Crippen molar-refractivity contribution in [2.24, 2.45) is 5.92 Å². The van der Waals surface area contributed by atoms with E-state index in [1.54, 1.807) is 27.7 Å². The third-order valence-electron chi connectivity index (χ3n) is 2.18. The highest BCUT2D eigenvalue weighted by Crippen LogP contribution is 2.06. The quantitative estimate of drug-likeness (QED) is 0.659. The number of likely N-dealkylation sites (N-methyl/N-ethyl adjacent to an activating group) is 1. The Bertz CT molecular complexity index is 284. The van der Waals surface area contributed by atoms with Gasteiger partial charge in [0, 0.05) is 7.05 Å². The lowest BCUT2D eigenvalue weighted by atomic mass is 10.1.